The summed E-state index contributed by atoms with van der Waals surface area (Å²) >= 11 is 9.19. The molecule has 0 spiro atoms. The Hall–Kier alpha value is -1.39. The summed E-state index contributed by atoms with van der Waals surface area (Å²) in [6.07, 6.45) is 0.738. The predicted molar refractivity (Wildman–Crippen MR) is 75.3 cm³/mol. The lowest BCUT2D eigenvalue weighted by atomic mass is 10.2. The molecule has 2 nitrogen and oxygen atoms in total. The van der Waals surface area contributed by atoms with Crippen molar-refractivity contribution in [3.63, 3.8) is 0 Å². The molecule has 0 fully saturated rings. The number of hydrogen-bond donors (Lipinski definition) is 0. The first kappa shape index (κ1) is 14.0. The van der Waals surface area contributed by atoms with Crippen molar-refractivity contribution < 1.29 is 13.9 Å². The standard InChI is InChI=1S/C14H9BrClFO2/c15-11-6-9(7-18)4-5-14(11)19-8-10-12(16)2-1-3-13(10)17/h1-7H,8H2. The van der Waals surface area contributed by atoms with Gasteiger partial charge in [-0.15, -0.1) is 0 Å². The minimum atomic E-state index is -0.409. The molecule has 0 atom stereocenters. The molecule has 0 saturated carbocycles. The molecular formula is C14H9BrClFO2. The van der Waals surface area contributed by atoms with E-state index in [1.54, 1.807) is 24.3 Å². The van der Waals surface area contributed by atoms with Crippen LogP contribution in [-0.4, -0.2) is 6.29 Å². The molecule has 0 unspecified atom stereocenters. The first-order valence-corrected chi connectivity index (χ1v) is 6.59. The first-order chi connectivity index (χ1) is 9.11. The quantitative estimate of drug-likeness (QED) is 0.756. The summed E-state index contributed by atoms with van der Waals surface area (Å²) in [6.45, 7) is 0.0184. The molecule has 2 rings (SSSR count). The number of carbonyl (C=O) groups excluding carboxylic acids is 1. The van der Waals surface area contributed by atoms with Crippen LogP contribution in [0.4, 0.5) is 4.39 Å². The SMILES string of the molecule is O=Cc1ccc(OCc2c(F)cccc2Cl)c(Br)c1. The second-order valence-electron chi connectivity index (χ2n) is 3.80. The lowest BCUT2D eigenvalue weighted by Gasteiger charge is -2.10. The molecule has 2 aromatic carbocycles. The van der Waals surface area contributed by atoms with E-state index in [4.69, 9.17) is 16.3 Å². The van der Waals surface area contributed by atoms with E-state index in [1.165, 1.54) is 12.1 Å². The topological polar surface area (TPSA) is 26.3 Å². The first-order valence-electron chi connectivity index (χ1n) is 5.42. The molecule has 0 aliphatic heterocycles. The summed E-state index contributed by atoms with van der Waals surface area (Å²) < 4.78 is 19.7. The van der Waals surface area contributed by atoms with Gasteiger partial charge in [-0.25, -0.2) is 4.39 Å². The van der Waals surface area contributed by atoms with Gasteiger partial charge in [-0.3, -0.25) is 4.79 Å². The largest absolute Gasteiger partial charge is 0.488 e. The minimum Gasteiger partial charge on any atom is -0.488 e. The van der Waals surface area contributed by atoms with Crippen molar-refractivity contribution >= 4 is 33.8 Å². The third kappa shape index (κ3) is 3.33. The third-order valence-corrected chi connectivity index (χ3v) is 3.50. The van der Waals surface area contributed by atoms with Gasteiger partial charge < -0.3 is 4.74 Å². The van der Waals surface area contributed by atoms with Crippen LogP contribution in [0.5, 0.6) is 5.75 Å². The van der Waals surface area contributed by atoms with Gasteiger partial charge in [0, 0.05) is 11.1 Å². The molecule has 0 N–H and O–H groups in total. The predicted octanol–water partition coefficient (Wildman–Crippen LogP) is 4.63. The Labute approximate surface area is 123 Å². The molecule has 0 bridgehead atoms. The molecule has 0 radical (unpaired) electrons. The van der Waals surface area contributed by atoms with Gasteiger partial charge in [0.05, 0.1) is 9.50 Å². The Kier molecular flexibility index (Phi) is 4.56. The fourth-order valence-corrected chi connectivity index (χ4v) is 2.26. The van der Waals surface area contributed by atoms with Crippen molar-refractivity contribution in [2.75, 3.05) is 0 Å². The highest BCUT2D eigenvalue weighted by atomic mass is 79.9. The number of aldehydes is 1. The minimum absolute atomic E-state index is 0.0184. The van der Waals surface area contributed by atoms with Gasteiger partial charge in [0.15, 0.2) is 0 Å². The van der Waals surface area contributed by atoms with E-state index in [1.807, 2.05) is 0 Å². The summed E-state index contributed by atoms with van der Waals surface area (Å²) in [5, 5.41) is 0.320. The maximum atomic E-state index is 13.5. The average Bonchev–Trinajstić information content (AvgIpc) is 2.39. The fourth-order valence-electron chi connectivity index (χ4n) is 1.53. The van der Waals surface area contributed by atoms with Crippen molar-refractivity contribution in [1.82, 2.24) is 0 Å². The van der Waals surface area contributed by atoms with Crippen LogP contribution in [0, 0.1) is 5.82 Å². The summed E-state index contributed by atoms with van der Waals surface area (Å²) in [7, 11) is 0. The number of hydrogen-bond acceptors (Lipinski definition) is 2. The Balaban J connectivity index is 2.17. The molecular weight excluding hydrogens is 335 g/mol. The number of ether oxygens (including phenoxy) is 1. The highest BCUT2D eigenvalue weighted by molar-refractivity contribution is 9.10. The monoisotopic (exact) mass is 342 g/mol. The molecule has 0 aliphatic carbocycles. The summed E-state index contributed by atoms with van der Waals surface area (Å²) in [6, 6.07) is 9.36. The van der Waals surface area contributed by atoms with E-state index in [0.717, 1.165) is 6.29 Å². The van der Waals surface area contributed by atoms with Crippen LogP contribution < -0.4 is 4.74 Å². The molecule has 98 valence electrons. The van der Waals surface area contributed by atoms with E-state index >= 15 is 0 Å². The molecule has 0 heterocycles. The highest BCUT2D eigenvalue weighted by Crippen LogP contribution is 2.28. The van der Waals surface area contributed by atoms with Crippen molar-refractivity contribution in [2.45, 2.75) is 6.61 Å². The lowest BCUT2D eigenvalue weighted by molar-refractivity contribution is 0.112. The van der Waals surface area contributed by atoms with Crippen molar-refractivity contribution in [3.05, 3.63) is 62.8 Å². The van der Waals surface area contributed by atoms with E-state index in [0.29, 0.717) is 26.4 Å². The number of halogens is 3. The maximum absolute atomic E-state index is 13.5. The Morgan fingerprint density at radius 2 is 2.11 bits per heavy atom. The van der Waals surface area contributed by atoms with Crippen LogP contribution in [0.3, 0.4) is 0 Å². The van der Waals surface area contributed by atoms with E-state index < -0.39 is 5.82 Å². The average molecular weight is 344 g/mol. The van der Waals surface area contributed by atoms with Crippen molar-refractivity contribution in [1.29, 1.82) is 0 Å². The lowest BCUT2D eigenvalue weighted by Crippen LogP contribution is -2.00. The van der Waals surface area contributed by atoms with Crippen LogP contribution in [-0.2, 0) is 6.61 Å². The van der Waals surface area contributed by atoms with Gasteiger partial charge in [-0.1, -0.05) is 17.7 Å². The zero-order chi connectivity index (χ0) is 13.8. The smallest absolute Gasteiger partial charge is 0.150 e. The zero-order valence-corrected chi connectivity index (χ0v) is 12.0. The van der Waals surface area contributed by atoms with Crippen molar-refractivity contribution in [2.24, 2.45) is 0 Å². The van der Waals surface area contributed by atoms with Crippen LogP contribution in [0.15, 0.2) is 40.9 Å². The fraction of sp³-hybridized carbons (Fsp3) is 0.0714. The normalized spacial score (nSPS) is 10.3. The molecule has 2 aromatic rings. The van der Waals surface area contributed by atoms with Crippen LogP contribution in [0.2, 0.25) is 5.02 Å². The van der Waals surface area contributed by atoms with Gasteiger partial charge in [0.2, 0.25) is 0 Å². The Morgan fingerprint density at radius 1 is 1.32 bits per heavy atom. The van der Waals surface area contributed by atoms with E-state index in [-0.39, 0.29) is 6.61 Å². The third-order valence-electron chi connectivity index (χ3n) is 2.53. The molecule has 19 heavy (non-hydrogen) atoms. The summed E-state index contributed by atoms with van der Waals surface area (Å²) in [5.74, 6) is 0.109. The number of carbonyl (C=O) groups is 1. The summed E-state index contributed by atoms with van der Waals surface area (Å²) in [5.41, 5.74) is 0.832. The molecule has 0 aliphatic rings. The van der Waals surface area contributed by atoms with Crippen LogP contribution in [0.1, 0.15) is 15.9 Å². The maximum Gasteiger partial charge on any atom is 0.150 e. The molecule has 0 amide bonds. The summed E-state index contributed by atoms with van der Waals surface area (Å²) in [4.78, 5) is 10.6. The highest BCUT2D eigenvalue weighted by Gasteiger charge is 2.09. The molecule has 0 saturated heterocycles. The van der Waals surface area contributed by atoms with Gasteiger partial charge in [0.25, 0.3) is 0 Å². The van der Waals surface area contributed by atoms with Gasteiger partial charge >= 0.3 is 0 Å². The van der Waals surface area contributed by atoms with Crippen molar-refractivity contribution in [3.8, 4) is 5.75 Å². The van der Waals surface area contributed by atoms with Gasteiger partial charge in [-0.2, -0.15) is 0 Å². The van der Waals surface area contributed by atoms with Crippen LogP contribution in [0.25, 0.3) is 0 Å². The van der Waals surface area contributed by atoms with E-state index in [9.17, 15) is 9.18 Å². The van der Waals surface area contributed by atoms with Gasteiger partial charge in [-0.05, 0) is 46.3 Å². The zero-order valence-electron chi connectivity index (χ0n) is 9.70. The van der Waals surface area contributed by atoms with Gasteiger partial charge in [0.1, 0.15) is 24.5 Å². The Morgan fingerprint density at radius 3 is 2.74 bits per heavy atom. The van der Waals surface area contributed by atoms with E-state index in [2.05, 4.69) is 15.9 Å². The second-order valence-corrected chi connectivity index (χ2v) is 5.06. The molecule has 0 aromatic heterocycles. The number of benzene rings is 2. The second kappa shape index (κ2) is 6.17. The Bertz CT molecular complexity index is 596. The number of rotatable bonds is 4. The molecule has 5 heteroatoms. The van der Waals surface area contributed by atoms with Crippen LogP contribution >= 0.6 is 27.5 Å².